The average Bonchev–Trinajstić information content (AvgIpc) is 2.82. The molecule has 1 aliphatic heterocycles. The van der Waals surface area contributed by atoms with Crippen LogP contribution in [0.25, 0.3) is 11.1 Å². The van der Waals surface area contributed by atoms with E-state index in [0.717, 1.165) is 12.0 Å². The standard InChI is InChI=1S/C24H24N2O4S/c1-2-16-25-24(27)22-17-26(20-13-7-8-14-21(20)30-22)31(28,29)23-15-9-6-12-19(23)18-10-4-3-5-11-18/h3-15,22H,2,16-17H2,1H3,(H,25,27). The van der Waals surface area contributed by atoms with E-state index in [0.29, 0.717) is 23.5 Å². The quantitative estimate of drug-likeness (QED) is 0.637. The molecule has 1 unspecified atom stereocenters. The van der Waals surface area contributed by atoms with Gasteiger partial charge in [-0.1, -0.05) is 67.6 Å². The van der Waals surface area contributed by atoms with Crippen LogP contribution >= 0.6 is 0 Å². The Morgan fingerprint density at radius 3 is 2.45 bits per heavy atom. The summed E-state index contributed by atoms with van der Waals surface area (Å²) in [5, 5.41) is 2.80. The molecule has 1 amide bonds. The van der Waals surface area contributed by atoms with Crippen LogP contribution in [0, 0.1) is 0 Å². The third-order valence-electron chi connectivity index (χ3n) is 5.12. The summed E-state index contributed by atoms with van der Waals surface area (Å²) < 4.78 is 34.9. The Morgan fingerprint density at radius 2 is 1.68 bits per heavy atom. The highest BCUT2D eigenvalue weighted by molar-refractivity contribution is 7.93. The summed E-state index contributed by atoms with van der Waals surface area (Å²) in [5.41, 5.74) is 1.84. The lowest BCUT2D eigenvalue weighted by atomic mass is 10.1. The maximum absolute atomic E-state index is 13.9. The van der Waals surface area contributed by atoms with Gasteiger partial charge in [0.05, 0.1) is 17.1 Å². The summed E-state index contributed by atoms with van der Waals surface area (Å²) in [4.78, 5) is 12.8. The number of nitrogens with zero attached hydrogens (tertiary/aromatic N) is 1. The second-order valence-electron chi connectivity index (χ2n) is 7.26. The van der Waals surface area contributed by atoms with E-state index in [2.05, 4.69) is 5.32 Å². The first kappa shape index (κ1) is 20.9. The monoisotopic (exact) mass is 436 g/mol. The minimum atomic E-state index is -3.97. The minimum absolute atomic E-state index is 0.0992. The molecule has 160 valence electrons. The van der Waals surface area contributed by atoms with Crippen LogP contribution in [-0.4, -0.2) is 33.5 Å². The largest absolute Gasteiger partial charge is 0.476 e. The number of carbonyl (C=O) groups is 1. The van der Waals surface area contributed by atoms with Crippen molar-refractivity contribution in [1.82, 2.24) is 5.32 Å². The van der Waals surface area contributed by atoms with Gasteiger partial charge in [0, 0.05) is 12.1 Å². The number of benzene rings is 3. The predicted molar refractivity (Wildman–Crippen MR) is 121 cm³/mol. The van der Waals surface area contributed by atoms with Crippen molar-refractivity contribution < 1.29 is 17.9 Å². The van der Waals surface area contributed by atoms with Crippen LogP contribution in [0.4, 0.5) is 5.69 Å². The van der Waals surface area contributed by atoms with E-state index in [1.54, 1.807) is 42.5 Å². The molecule has 0 aliphatic carbocycles. The second-order valence-corrected chi connectivity index (χ2v) is 9.09. The van der Waals surface area contributed by atoms with Crippen molar-refractivity contribution in [3.8, 4) is 16.9 Å². The number of carbonyl (C=O) groups excluding carboxylic acids is 1. The van der Waals surface area contributed by atoms with Gasteiger partial charge in [-0.25, -0.2) is 8.42 Å². The fraction of sp³-hybridized carbons (Fsp3) is 0.208. The van der Waals surface area contributed by atoms with E-state index in [4.69, 9.17) is 4.74 Å². The van der Waals surface area contributed by atoms with E-state index in [9.17, 15) is 13.2 Å². The van der Waals surface area contributed by atoms with E-state index in [1.165, 1.54) is 4.31 Å². The molecule has 1 atom stereocenters. The normalized spacial score (nSPS) is 15.6. The molecule has 0 spiro atoms. The molecular weight excluding hydrogens is 412 g/mol. The van der Waals surface area contributed by atoms with Crippen molar-refractivity contribution in [2.75, 3.05) is 17.4 Å². The number of amides is 1. The lowest BCUT2D eigenvalue weighted by Crippen LogP contribution is -2.50. The van der Waals surface area contributed by atoms with Gasteiger partial charge in [0.15, 0.2) is 6.10 Å². The van der Waals surface area contributed by atoms with Crippen molar-refractivity contribution >= 4 is 21.6 Å². The molecule has 3 aromatic carbocycles. The Morgan fingerprint density at radius 1 is 1.00 bits per heavy atom. The molecule has 1 N–H and O–H groups in total. The van der Waals surface area contributed by atoms with E-state index in [-0.39, 0.29) is 17.3 Å². The van der Waals surface area contributed by atoms with E-state index >= 15 is 0 Å². The molecule has 7 heteroatoms. The first-order valence-electron chi connectivity index (χ1n) is 10.2. The second kappa shape index (κ2) is 8.81. The maximum Gasteiger partial charge on any atom is 0.265 e. The van der Waals surface area contributed by atoms with Gasteiger partial charge < -0.3 is 10.1 Å². The first-order chi connectivity index (χ1) is 15.0. The third-order valence-corrected chi connectivity index (χ3v) is 6.95. The van der Waals surface area contributed by atoms with E-state index in [1.807, 2.05) is 43.3 Å². The van der Waals surface area contributed by atoms with Crippen molar-refractivity contribution in [3.63, 3.8) is 0 Å². The lowest BCUT2D eigenvalue weighted by Gasteiger charge is -2.35. The molecule has 1 heterocycles. The Kier molecular flexibility index (Phi) is 5.95. The smallest absolute Gasteiger partial charge is 0.265 e. The average molecular weight is 437 g/mol. The van der Waals surface area contributed by atoms with Crippen LogP contribution in [0.2, 0.25) is 0 Å². The zero-order valence-electron chi connectivity index (χ0n) is 17.2. The van der Waals surface area contributed by atoms with Crippen molar-refractivity contribution in [1.29, 1.82) is 0 Å². The van der Waals surface area contributed by atoms with Gasteiger partial charge in [0.1, 0.15) is 5.75 Å². The van der Waals surface area contributed by atoms with Gasteiger partial charge in [-0.05, 0) is 30.2 Å². The van der Waals surface area contributed by atoms with Gasteiger partial charge in [0.2, 0.25) is 0 Å². The highest BCUT2D eigenvalue weighted by Crippen LogP contribution is 2.38. The molecule has 4 rings (SSSR count). The molecule has 0 radical (unpaired) electrons. The number of ether oxygens (including phenoxy) is 1. The van der Waals surface area contributed by atoms with Crippen LogP contribution in [0.5, 0.6) is 5.75 Å². The van der Waals surface area contributed by atoms with Crippen LogP contribution in [0.1, 0.15) is 13.3 Å². The predicted octanol–water partition coefficient (Wildman–Crippen LogP) is 3.84. The van der Waals surface area contributed by atoms with Gasteiger partial charge in [-0.2, -0.15) is 0 Å². The van der Waals surface area contributed by atoms with Crippen LogP contribution in [0.15, 0.2) is 83.8 Å². The Hall–Kier alpha value is -3.32. The molecule has 0 aromatic heterocycles. The first-order valence-corrected chi connectivity index (χ1v) is 11.7. The van der Waals surface area contributed by atoms with Crippen molar-refractivity contribution in [3.05, 3.63) is 78.9 Å². The number of nitrogens with one attached hydrogen (secondary N) is 1. The topological polar surface area (TPSA) is 75.7 Å². The van der Waals surface area contributed by atoms with Crippen LogP contribution in [-0.2, 0) is 14.8 Å². The summed E-state index contributed by atoms with van der Waals surface area (Å²) in [6.07, 6.45) is -0.151. The van der Waals surface area contributed by atoms with Gasteiger partial charge >= 0.3 is 0 Å². The summed E-state index contributed by atoms with van der Waals surface area (Å²) >= 11 is 0. The zero-order valence-corrected chi connectivity index (χ0v) is 18.0. The molecule has 0 bridgehead atoms. The molecule has 31 heavy (non-hydrogen) atoms. The number of hydrogen-bond donors (Lipinski definition) is 1. The maximum atomic E-state index is 13.9. The van der Waals surface area contributed by atoms with Crippen LogP contribution < -0.4 is 14.4 Å². The molecule has 6 nitrogen and oxygen atoms in total. The van der Waals surface area contributed by atoms with Crippen LogP contribution in [0.3, 0.4) is 0 Å². The van der Waals surface area contributed by atoms with Crippen molar-refractivity contribution in [2.45, 2.75) is 24.3 Å². The number of anilines is 1. The van der Waals surface area contributed by atoms with Gasteiger partial charge in [-0.3, -0.25) is 9.10 Å². The van der Waals surface area contributed by atoms with Gasteiger partial charge in [0.25, 0.3) is 15.9 Å². The van der Waals surface area contributed by atoms with E-state index < -0.39 is 16.1 Å². The number of hydrogen-bond acceptors (Lipinski definition) is 4. The summed E-state index contributed by atoms with van der Waals surface area (Å²) in [6.45, 7) is 2.36. The molecule has 0 saturated carbocycles. The number of sulfonamides is 1. The fourth-order valence-corrected chi connectivity index (χ4v) is 5.29. The molecule has 0 fully saturated rings. The summed E-state index contributed by atoms with van der Waals surface area (Å²) in [6, 6.07) is 23.2. The SMILES string of the molecule is CCCNC(=O)C1CN(S(=O)(=O)c2ccccc2-c2ccccc2)c2ccccc2O1. The number of fused-ring (bicyclic) bond motifs is 1. The molecule has 3 aromatic rings. The highest BCUT2D eigenvalue weighted by atomic mass is 32.2. The van der Waals surface area contributed by atoms with Crippen molar-refractivity contribution in [2.24, 2.45) is 0 Å². The summed E-state index contributed by atoms with van der Waals surface area (Å²) in [5.74, 6) is 0.0408. The highest BCUT2D eigenvalue weighted by Gasteiger charge is 2.38. The fourth-order valence-electron chi connectivity index (χ4n) is 3.59. The lowest BCUT2D eigenvalue weighted by molar-refractivity contribution is -0.127. The Labute approximate surface area is 182 Å². The molecular formula is C24H24N2O4S. The molecule has 0 saturated heterocycles. The number of rotatable bonds is 6. The number of para-hydroxylation sites is 2. The van der Waals surface area contributed by atoms with Gasteiger partial charge in [-0.15, -0.1) is 0 Å². The zero-order chi connectivity index (χ0) is 21.8. The Bertz CT molecular complexity index is 1180. The third kappa shape index (κ3) is 4.14. The summed E-state index contributed by atoms with van der Waals surface area (Å²) in [7, 11) is -3.97. The minimum Gasteiger partial charge on any atom is -0.476 e. The molecule has 1 aliphatic rings. The Balaban J connectivity index is 1.78.